The predicted molar refractivity (Wildman–Crippen MR) is 78.5 cm³/mol. The maximum Gasteiger partial charge on any atom is 0.189 e. The Morgan fingerprint density at radius 2 is 1.75 bits per heavy atom. The average Bonchev–Trinajstić information content (AvgIpc) is 2.97. The summed E-state index contributed by atoms with van der Waals surface area (Å²) in [5.74, 6) is 0.0202. The van der Waals surface area contributed by atoms with E-state index in [9.17, 15) is 4.79 Å². The summed E-state index contributed by atoms with van der Waals surface area (Å²) < 4.78 is 0. The fourth-order valence-corrected chi connectivity index (χ4v) is 2.54. The molecular formula is C16H13ClN2O. The lowest BCUT2D eigenvalue weighted by Crippen LogP contribution is -2.24. The minimum atomic E-state index is -0.432. The molecule has 0 fully saturated rings. The van der Waals surface area contributed by atoms with Crippen molar-refractivity contribution >= 4 is 17.4 Å². The highest BCUT2D eigenvalue weighted by atomic mass is 35.5. The molecule has 3 nitrogen and oxygen atoms in total. The van der Waals surface area contributed by atoms with Crippen LogP contribution in [0.4, 0.5) is 0 Å². The van der Waals surface area contributed by atoms with Gasteiger partial charge in [-0.25, -0.2) is 0 Å². The van der Waals surface area contributed by atoms with Gasteiger partial charge in [-0.2, -0.15) is 10.2 Å². The van der Waals surface area contributed by atoms with Crippen LogP contribution in [0.3, 0.4) is 0 Å². The van der Waals surface area contributed by atoms with Crippen molar-refractivity contribution in [3.05, 3.63) is 70.7 Å². The number of nitrogens with zero attached hydrogens (tertiary/aromatic N) is 2. The van der Waals surface area contributed by atoms with Crippen LogP contribution in [0.5, 0.6) is 0 Å². The second kappa shape index (κ2) is 5.55. The maximum atomic E-state index is 12.5. The topological polar surface area (TPSA) is 41.8 Å². The molecule has 0 aliphatic carbocycles. The van der Waals surface area contributed by atoms with E-state index in [1.54, 1.807) is 0 Å². The van der Waals surface area contributed by atoms with Crippen molar-refractivity contribution in [2.24, 2.45) is 10.2 Å². The molecule has 0 saturated heterocycles. The summed E-state index contributed by atoms with van der Waals surface area (Å²) in [6.45, 7) is 0.547. The van der Waals surface area contributed by atoms with E-state index in [0.717, 1.165) is 5.56 Å². The van der Waals surface area contributed by atoms with Crippen LogP contribution in [0.1, 0.15) is 21.8 Å². The molecule has 0 bridgehead atoms. The van der Waals surface area contributed by atoms with E-state index in [-0.39, 0.29) is 11.7 Å². The Hall–Kier alpha value is -2.00. The molecule has 0 saturated carbocycles. The Labute approximate surface area is 122 Å². The van der Waals surface area contributed by atoms with Gasteiger partial charge >= 0.3 is 0 Å². The molecule has 0 spiro atoms. The van der Waals surface area contributed by atoms with E-state index in [1.165, 1.54) is 0 Å². The standard InChI is InChI=1S/C16H13ClN2O/c17-13-8-6-11(7-9-13)14-10-18-19-15(14)16(20)12-4-2-1-3-5-12/h1-9,14-15H,10H2/t14-,15+/m1/s1. The van der Waals surface area contributed by atoms with Crippen LogP contribution in [-0.2, 0) is 0 Å². The van der Waals surface area contributed by atoms with E-state index in [2.05, 4.69) is 10.2 Å². The van der Waals surface area contributed by atoms with E-state index >= 15 is 0 Å². The molecule has 1 aliphatic heterocycles. The van der Waals surface area contributed by atoms with Gasteiger partial charge in [-0.3, -0.25) is 4.79 Å². The normalized spacial score (nSPS) is 21.1. The van der Waals surface area contributed by atoms with Gasteiger partial charge in [0.2, 0.25) is 0 Å². The predicted octanol–water partition coefficient (Wildman–Crippen LogP) is 4.14. The van der Waals surface area contributed by atoms with Gasteiger partial charge in [0.05, 0.1) is 6.54 Å². The smallest absolute Gasteiger partial charge is 0.189 e. The summed E-state index contributed by atoms with van der Waals surface area (Å²) in [4.78, 5) is 12.5. The average molecular weight is 285 g/mol. The van der Waals surface area contributed by atoms with Crippen LogP contribution in [0.15, 0.2) is 64.8 Å². The number of halogens is 1. The summed E-state index contributed by atoms with van der Waals surface area (Å²) in [7, 11) is 0. The quantitative estimate of drug-likeness (QED) is 0.781. The van der Waals surface area contributed by atoms with Crippen LogP contribution in [0.25, 0.3) is 0 Å². The highest BCUT2D eigenvalue weighted by Crippen LogP contribution is 2.30. The molecule has 2 atom stereocenters. The maximum absolute atomic E-state index is 12.5. The summed E-state index contributed by atoms with van der Waals surface area (Å²) >= 11 is 5.90. The third-order valence-electron chi connectivity index (χ3n) is 3.49. The first-order valence-electron chi connectivity index (χ1n) is 6.47. The van der Waals surface area contributed by atoms with Crippen LogP contribution in [-0.4, -0.2) is 18.4 Å². The molecule has 1 aliphatic rings. The van der Waals surface area contributed by atoms with Gasteiger partial charge in [0.1, 0.15) is 6.04 Å². The molecule has 0 N–H and O–H groups in total. The van der Waals surface area contributed by atoms with Gasteiger partial charge in [-0.1, -0.05) is 54.1 Å². The highest BCUT2D eigenvalue weighted by molar-refractivity contribution is 6.30. The lowest BCUT2D eigenvalue weighted by Gasteiger charge is -2.15. The Morgan fingerprint density at radius 3 is 2.45 bits per heavy atom. The molecule has 3 rings (SSSR count). The van der Waals surface area contributed by atoms with Gasteiger partial charge in [-0.05, 0) is 17.7 Å². The number of carbonyl (C=O) groups is 1. The fourth-order valence-electron chi connectivity index (χ4n) is 2.41. The minimum absolute atomic E-state index is 0.0000252. The Balaban J connectivity index is 1.87. The molecule has 2 aromatic carbocycles. The lowest BCUT2D eigenvalue weighted by atomic mass is 9.88. The van der Waals surface area contributed by atoms with E-state index in [0.29, 0.717) is 17.1 Å². The summed E-state index contributed by atoms with van der Waals surface area (Å²) in [5, 5.41) is 8.88. The molecule has 0 amide bonds. The molecule has 0 radical (unpaired) electrons. The summed E-state index contributed by atoms with van der Waals surface area (Å²) in [5.41, 5.74) is 1.73. The van der Waals surface area contributed by atoms with Gasteiger partial charge in [-0.15, -0.1) is 0 Å². The molecule has 1 heterocycles. The first kappa shape index (κ1) is 13.0. The number of azo groups is 1. The van der Waals surface area contributed by atoms with E-state index < -0.39 is 6.04 Å². The van der Waals surface area contributed by atoms with E-state index in [1.807, 2.05) is 54.6 Å². The van der Waals surface area contributed by atoms with Crippen molar-refractivity contribution in [1.82, 2.24) is 0 Å². The SMILES string of the molecule is O=C(c1ccccc1)[C@H]1N=NC[C@@H]1c1ccc(Cl)cc1. The molecular weight excluding hydrogens is 272 g/mol. The zero-order valence-electron chi connectivity index (χ0n) is 10.7. The number of rotatable bonds is 3. The molecule has 2 aromatic rings. The van der Waals surface area contributed by atoms with Crippen molar-refractivity contribution < 1.29 is 4.79 Å². The minimum Gasteiger partial charge on any atom is -0.292 e. The zero-order valence-corrected chi connectivity index (χ0v) is 11.5. The third kappa shape index (κ3) is 2.49. The second-order valence-corrected chi connectivity index (χ2v) is 5.21. The number of hydrogen-bond acceptors (Lipinski definition) is 3. The molecule has 0 aromatic heterocycles. The number of hydrogen-bond donors (Lipinski definition) is 0. The third-order valence-corrected chi connectivity index (χ3v) is 3.74. The Bertz CT molecular complexity index is 637. The summed E-state index contributed by atoms with van der Waals surface area (Å²) in [6.07, 6.45) is 0. The highest BCUT2D eigenvalue weighted by Gasteiger charge is 2.33. The van der Waals surface area contributed by atoms with Crippen LogP contribution < -0.4 is 0 Å². The first-order valence-corrected chi connectivity index (χ1v) is 6.85. The van der Waals surface area contributed by atoms with E-state index in [4.69, 9.17) is 11.6 Å². The number of benzene rings is 2. The molecule has 4 heteroatoms. The Morgan fingerprint density at radius 1 is 1.05 bits per heavy atom. The van der Waals surface area contributed by atoms with Gasteiger partial charge in [0.15, 0.2) is 5.78 Å². The van der Waals surface area contributed by atoms with Crippen molar-refractivity contribution in [3.8, 4) is 0 Å². The summed E-state index contributed by atoms with van der Waals surface area (Å²) in [6, 6.07) is 16.3. The zero-order chi connectivity index (χ0) is 13.9. The largest absolute Gasteiger partial charge is 0.292 e. The van der Waals surface area contributed by atoms with Gasteiger partial charge in [0.25, 0.3) is 0 Å². The van der Waals surface area contributed by atoms with Crippen LogP contribution in [0, 0.1) is 0 Å². The van der Waals surface area contributed by atoms with Crippen molar-refractivity contribution in [3.63, 3.8) is 0 Å². The number of carbonyl (C=O) groups excluding carboxylic acids is 1. The van der Waals surface area contributed by atoms with Gasteiger partial charge < -0.3 is 0 Å². The Kier molecular flexibility index (Phi) is 3.61. The molecule has 0 unspecified atom stereocenters. The van der Waals surface area contributed by atoms with Crippen molar-refractivity contribution in [2.45, 2.75) is 12.0 Å². The monoisotopic (exact) mass is 284 g/mol. The van der Waals surface area contributed by atoms with Crippen molar-refractivity contribution in [1.29, 1.82) is 0 Å². The molecule has 20 heavy (non-hydrogen) atoms. The number of ketones is 1. The second-order valence-electron chi connectivity index (χ2n) is 4.77. The lowest BCUT2D eigenvalue weighted by molar-refractivity contribution is 0.0956. The fraction of sp³-hybridized carbons (Fsp3) is 0.188. The first-order chi connectivity index (χ1) is 9.75. The number of Topliss-reactive ketones (excluding diaryl/α,β-unsaturated/α-hetero) is 1. The van der Waals surface area contributed by atoms with Crippen LogP contribution >= 0.6 is 11.6 Å². The molecule has 100 valence electrons. The van der Waals surface area contributed by atoms with Gasteiger partial charge in [0, 0.05) is 16.5 Å². The van der Waals surface area contributed by atoms with Crippen LogP contribution in [0.2, 0.25) is 5.02 Å². The van der Waals surface area contributed by atoms with Crippen molar-refractivity contribution in [2.75, 3.05) is 6.54 Å².